The molecule has 9 heteroatoms. The first-order valence-electron chi connectivity index (χ1n) is 9.37. The molecule has 0 aliphatic carbocycles. The van der Waals surface area contributed by atoms with Gasteiger partial charge in [-0.1, -0.05) is 35.9 Å². The minimum absolute atomic E-state index is 0.0468. The lowest BCUT2D eigenvalue weighted by atomic mass is 10.3. The Morgan fingerprint density at radius 1 is 1.03 bits per heavy atom. The molecule has 0 aliphatic heterocycles. The molecule has 162 valence electrons. The topological polar surface area (TPSA) is 75.7 Å². The van der Waals surface area contributed by atoms with Crippen molar-refractivity contribution in [2.45, 2.75) is 11.8 Å². The number of halogens is 2. The van der Waals surface area contributed by atoms with Gasteiger partial charge < -0.3 is 10.1 Å². The highest BCUT2D eigenvalue weighted by Crippen LogP contribution is 2.33. The van der Waals surface area contributed by atoms with E-state index in [1.807, 2.05) is 0 Å². The van der Waals surface area contributed by atoms with Gasteiger partial charge in [-0.3, -0.25) is 9.10 Å². The number of hydrogen-bond donors (Lipinski definition) is 1. The Bertz CT molecular complexity index is 1170. The van der Waals surface area contributed by atoms with Gasteiger partial charge in [-0.15, -0.1) is 0 Å². The van der Waals surface area contributed by atoms with Gasteiger partial charge in [0.1, 0.15) is 18.1 Å². The number of sulfonamides is 1. The monoisotopic (exact) mass is 462 g/mol. The van der Waals surface area contributed by atoms with Gasteiger partial charge in [-0.25, -0.2) is 12.8 Å². The van der Waals surface area contributed by atoms with E-state index in [9.17, 15) is 17.6 Å². The Balaban J connectivity index is 2.01. The number of carbonyl (C=O) groups excluding carboxylic acids is 1. The second-order valence-electron chi connectivity index (χ2n) is 6.39. The number of nitrogens with zero attached hydrogens (tertiary/aromatic N) is 1. The van der Waals surface area contributed by atoms with Crippen LogP contribution in [0.2, 0.25) is 5.02 Å². The summed E-state index contributed by atoms with van der Waals surface area (Å²) in [6.07, 6.45) is 0. The zero-order chi connectivity index (χ0) is 22.4. The third-order valence-electron chi connectivity index (χ3n) is 4.27. The molecule has 0 aliphatic rings. The Morgan fingerprint density at radius 3 is 2.35 bits per heavy atom. The van der Waals surface area contributed by atoms with Gasteiger partial charge in [0.15, 0.2) is 0 Å². The van der Waals surface area contributed by atoms with Crippen LogP contribution in [0.5, 0.6) is 5.75 Å². The fourth-order valence-corrected chi connectivity index (χ4v) is 4.41. The molecule has 0 saturated heterocycles. The summed E-state index contributed by atoms with van der Waals surface area (Å²) in [6, 6.07) is 17.7. The van der Waals surface area contributed by atoms with Crippen LogP contribution in [0.4, 0.5) is 15.8 Å². The average Bonchev–Trinajstić information content (AvgIpc) is 2.75. The maximum Gasteiger partial charge on any atom is 0.264 e. The van der Waals surface area contributed by atoms with Crippen molar-refractivity contribution >= 4 is 38.9 Å². The second kappa shape index (κ2) is 9.80. The molecule has 1 amide bonds. The van der Waals surface area contributed by atoms with Gasteiger partial charge in [0.05, 0.1) is 22.9 Å². The highest BCUT2D eigenvalue weighted by Gasteiger charge is 2.29. The van der Waals surface area contributed by atoms with Crippen molar-refractivity contribution < 1.29 is 22.3 Å². The molecule has 0 fully saturated rings. The molecule has 0 bridgehead atoms. The van der Waals surface area contributed by atoms with Crippen molar-refractivity contribution in [1.29, 1.82) is 0 Å². The largest absolute Gasteiger partial charge is 0.492 e. The van der Waals surface area contributed by atoms with Crippen LogP contribution in [0.25, 0.3) is 0 Å². The summed E-state index contributed by atoms with van der Waals surface area (Å²) in [5.41, 5.74) is 0.136. The van der Waals surface area contributed by atoms with E-state index in [0.717, 1.165) is 4.31 Å². The number of hydrogen-bond acceptors (Lipinski definition) is 4. The molecular formula is C22H20ClFN2O4S. The smallest absolute Gasteiger partial charge is 0.264 e. The van der Waals surface area contributed by atoms with Crippen LogP contribution >= 0.6 is 11.6 Å². The molecule has 0 saturated carbocycles. The summed E-state index contributed by atoms with van der Waals surface area (Å²) in [7, 11) is -4.17. The van der Waals surface area contributed by atoms with Crippen LogP contribution in [-0.2, 0) is 14.8 Å². The summed E-state index contributed by atoms with van der Waals surface area (Å²) >= 11 is 5.89. The Hall–Kier alpha value is -3.10. The summed E-state index contributed by atoms with van der Waals surface area (Å²) in [6.45, 7) is 1.47. The predicted octanol–water partition coefficient (Wildman–Crippen LogP) is 4.71. The first-order chi connectivity index (χ1) is 14.8. The van der Waals surface area contributed by atoms with Gasteiger partial charge in [-0.2, -0.15) is 0 Å². The van der Waals surface area contributed by atoms with Crippen molar-refractivity contribution in [2.24, 2.45) is 0 Å². The number of benzene rings is 3. The Morgan fingerprint density at radius 2 is 1.68 bits per heavy atom. The van der Waals surface area contributed by atoms with Gasteiger partial charge in [0.2, 0.25) is 5.91 Å². The van der Waals surface area contributed by atoms with Crippen LogP contribution in [0.3, 0.4) is 0 Å². The summed E-state index contributed by atoms with van der Waals surface area (Å²) < 4.78 is 47.3. The molecule has 0 aromatic heterocycles. The van der Waals surface area contributed by atoms with E-state index in [4.69, 9.17) is 16.3 Å². The fraction of sp³-hybridized carbons (Fsp3) is 0.136. The van der Waals surface area contributed by atoms with Gasteiger partial charge >= 0.3 is 0 Å². The number of carbonyl (C=O) groups is 1. The van der Waals surface area contributed by atoms with E-state index in [2.05, 4.69) is 5.32 Å². The van der Waals surface area contributed by atoms with Crippen molar-refractivity contribution in [3.8, 4) is 5.75 Å². The van der Waals surface area contributed by atoms with E-state index in [-0.39, 0.29) is 16.3 Å². The lowest BCUT2D eigenvalue weighted by Crippen LogP contribution is -2.38. The van der Waals surface area contributed by atoms with Crippen LogP contribution in [0.15, 0.2) is 77.7 Å². The van der Waals surface area contributed by atoms with Gasteiger partial charge in [-0.05, 0) is 55.5 Å². The molecular weight excluding hydrogens is 443 g/mol. The minimum atomic E-state index is -4.17. The summed E-state index contributed by atoms with van der Waals surface area (Å²) in [5.74, 6) is -1.05. The second-order valence-corrected chi connectivity index (χ2v) is 8.69. The van der Waals surface area contributed by atoms with Crippen molar-refractivity contribution in [3.05, 3.63) is 83.6 Å². The van der Waals surface area contributed by atoms with E-state index in [1.165, 1.54) is 48.5 Å². The quantitative estimate of drug-likeness (QED) is 0.526. The number of nitrogens with one attached hydrogen (secondary N) is 1. The van der Waals surface area contributed by atoms with Crippen LogP contribution < -0.4 is 14.4 Å². The lowest BCUT2D eigenvalue weighted by molar-refractivity contribution is -0.114. The molecule has 3 aromatic carbocycles. The van der Waals surface area contributed by atoms with Gasteiger partial charge in [0.25, 0.3) is 10.0 Å². The molecule has 3 aromatic rings. The van der Waals surface area contributed by atoms with Gasteiger partial charge in [0, 0.05) is 5.02 Å². The highest BCUT2D eigenvalue weighted by atomic mass is 35.5. The lowest BCUT2D eigenvalue weighted by Gasteiger charge is -2.26. The first-order valence-corrected chi connectivity index (χ1v) is 11.2. The molecule has 31 heavy (non-hydrogen) atoms. The molecule has 0 heterocycles. The molecule has 0 unspecified atom stereocenters. The predicted molar refractivity (Wildman–Crippen MR) is 119 cm³/mol. The summed E-state index contributed by atoms with van der Waals surface area (Å²) in [4.78, 5) is 12.7. The van der Waals surface area contributed by atoms with E-state index < -0.39 is 28.3 Å². The molecule has 0 spiro atoms. The SMILES string of the molecule is CCOc1ccccc1N(CC(=O)Nc1ccccc1F)S(=O)(=O)c1ccc(Cl)cc1. The molecule has 0 atom stereocenters. The minimum Gasteiger partial charge on any atom is -0.492 e. The third-order valence-corrected chi connectivity index (χ3v) is 6.30. The number of anilines is 2. The maximum absolute atomic E-state index is 13.9. The molecule has 1 N–H and O–H groups in total. The average molecular weight is 463 g/mol. The molecule has 6 nitrogen and oxygen atoms in total. The molecule has 0 radical (unpaired) electrons. The number of ether oxygens (including phenoxy) is 1. The third kappa shape index (κ3) is 5.34. The van der Waals surface area contributed by atoms with E-state index in [0.29, 0.717) is 17.4 Å². The normalized spacial score (nSPS) is 11.1. The van der Waals surface area contributed by atoms with Crippen molar-refractivity contribution in [3.63, 3.8) is 0 Å². The standard InChI is InChI=1S/C22H20ClFN2O4S/c1-2-30-21-10-6-5-9-20(21)26(31(28,29)17-13-11-16(23)12-14-17)15-22(27)25-19-8-4-3-7-18(19)24/h3-14H,2,15H2,1H3,(H,25,27). The van der Waals surface area contributed by atoms with Crippen LogP contribution in [-0.4, -0.2) is 27.5 Å². The van der Waals surface area contributed by atoms with Crippen molar-refractivity contribution in [2.75, 3.05) is 22.8 Å². The Labute approximate surface area is 185 Å². The fourth-order valence-electron chi connectivity index (χ4n) is 2.86. The summed E-state index contributed by atoms with van der Waals surface area (Å²) in [5, 5.41) is 2.79. The number of rotatable bonds is 8. The Kier molecular flexibility index (Phi) is 7.14. The van der Waals surface area contributed by atoms with Crippen molar-refractivity contribution in [1.82, 2.24) is 0 Å². The van der Waals surface area contributed by atoms with Crippen LogP contribution in [0.1, 0.15) is 6.92 Å². The maximum atomic E-state index is 13.9. The first kappa shape index (κ1) is 22.6. The number of amides is 1. The molecule has 3 rings (SSSR count). The number of para-hydroxylation sites is 3. The van der Waals surface area contributed by atoms with E-state index in [1.54, 1.807) is 31.2 Å². The van der Waals surface area contributed by atoms with Crippen LogP contribution in [0, 0.1) is 5.82 Å². The zero-order valence-electron chi connectivity index (χ0n) is 16.6. The highest BCUT2D eigenvalue weighted by molar-refractivity contribution is 7.92. The zero-order valence-corrected chi connectivity index (χ0v) is 18.2. The van der Waals surface area contributed by atoms with E-state index >= 15 is 0 Å².